The number of likely N-dealkylation sites (N-methyl/N-ethyl adjacent to an activating group) is 1. The van der Waals surface area contributed by atoms with Crippen LogP contribution in [0.15, 0.2) is 52.4 Å². The second-order valence-corrected chi connectivity index (χ2v) is 7.58. The quantitative estimate of drug-likeness (QED) is 0.572. The van der Waals surface area contributed by atoms with Crippen LogP contribution in [0.2, 0.25) is 0 Å². The van der Waals surface area contributed by atoms with Gasteiger partial charge in [0.1, 0.15) is 0 Å². The Morgan fingerprint density at radius 1 is 1.14 bits per heavy atom. The van der Waals surface area contributed by atoms with E-state index in [1.54, 1.807) is 12.0 Å². The fourth-order valence-electron chi connectivity index (χ4n) is 2.97. The van der Waals surface area contributed by atoms with E-state index in [9.17, 15) is 4.79 Å². The summed E-state index contributed by atoms with van der Waals surface area (Å²) < 4.78 is 11.4. The molecule has 29 heavy (non-hydrogen) atoms. The zero-order valence-electron chi connectivity index (χ0n) is 17.3. The number of carbonyl (C=O) groups excluding carboxylic acids is 1. The second-order valence-electron chi connectivity index (χ2n) is 6.57. The number of rotatable bonds is 7. The van der Waals surface area contributed by atoms with Gasteiger partial charge in [-0.05, 0) is 55.8 Å². The lowest BCUT2D eigenvalue weighted by Gasteiger charge is -2.13. The normalized spacial score (nSPS) is 16.7. The van der Waals surface area contributed by atoms with Gasteiger partial charge < -0.3 is 9.47 Å². The third-order valence-corrected chi connectivity index (χ3v) is 5.51. The van der Waals surface area contributed by atoms with E-state index in [-0.39, 0.29) is 5.91 Å². The molecule has 1 saturated heterocycles. The highest BCUT2D eigenvalue weighted by Crippen LogP contribution is 2.38. The minimum absolute atomic E-state index is 0.0471. The summed E-state index contributed by atoms with van der Waals surface area (Å²) in [5.74, 6) is 1.27. The van der Waals surface area contributed by atoms with Crippen LogP contribution in [-0.4, -0.2) is 36.2 Å². The first-order valence-corrected chi connectivity index (χ1v) is 10.6. The van der Waals surface area contributed by atoms with E-state index in [1.807, 2.05) is 62.4 Å². The number of nitrogens with zero attached hydrogens (tertiary/aromatic N) is 2. The molecule has 0 aliphatic carbocycles. The Balaban J connectivity index is 1.99. The van der Waals surface area contributed by atoms with E-state index in [0.717, 1.165) is 23.2 Å². The third kappa shape index (κ3) is 4.65. The van der Waals surface area contributed by atoms with Gasteiger partial charge in [0.05, 0.1) is 24.3 Å². The van der Waals surface area contributed by atoms with Crippen molar-refractivity contribution in [2.75, 3.05) is 20.3 Å². The molecule has 1 heterocycles. The Bertz CT molecular complexity index is 953. The van der Waals surface area contributed by atoms with E-state index < -0.39 is 0 Å². The van der Waals surface area contributed by atoms with Crippen molar-refractivity contribution in [2.45, 2.75) is 27.2 Å². The fraction of sp³-hybridized carbons (Fsp3) is 0.304. The van der Waals surface area contributed by atoms with Gasteiger partial charge in [0.2, 0.25) is 0 Å². The highest BCUT2D eigenvalue weighted by molar-refractivity contribution is 8.18. The highest BCUT2D eigenvalue weighted by Gasteiger charge is 2.32. The maximum atomic E-state index is 13.0. The molecule has 1 aliphatic rings. The average molecular weight is 411 g/mol. The van der Waals surface area contributed by atoms with Gasteiger partial charge in [-0.25, -0.2) is 4.99 Å². The number of aliphatic imine (C=N–C) groups is 1. The lowest BCUT2D eigenvalue weighted by atomic mass is 10.1. The molecule has 0 spiro atoms. The first-order valence-electron chi connectivity index (χ1n) is 9.74. The van der Waals surface area contributed by atoms with Gasteiger partial charge in [-0.15, -0.1) is 0 Å². The molecule has 3 rings (SSSR count). The van der Waals surface area contributed by atoms with Crippen molar-refractivity contribution < 1.29 is 14.3 Å². The van der Waals surface area contributed by atoms with Crippen LogP contribution in [0, 0.1) is 6.92 Å². The molecule has 0 bridgehead atoms. The highest BCUT2D eigenvalue weighted by atomic mass is 32.2. The standard InChI is InChI=1S/C23H26N2O3S/c1-5-14-28-21-17(11-9-13-19(21)27-4)15-20-22(26)25(6-2)23(29-20)24-18-12-8-7-10-16(18)3/h7-13,15H,5-6,14H2,1-4H3/b20-15+,24-23?. The SMILES string of the molecule is CCCOc1c(/C=C2/SC(=Nc3ccccc3C)N(CC)C2=O)cccc1OC. The summed E-state index contributed by atoms with van der Waals surface area (Å²) in [5, 5.41) is 0.692. The third-order valence-electron chi connectivity index (χ3n) is 4.50. The van der Waals surface area contributed by atoms with Gasteiger partial charge in [0.25, 0.3) is 5.91 Å². The lowest BCUT2D eigenvalue weighted by Crippen LogP contribution is -2.28. The number of thioether (sulfide) groups is 1. The van der Waals surface area contributed by atoms with Crippen LogP contribution in [0.25, 0.3) is 6.08 Å². The number of carbonyl (C=O) groups is 1. The molecular formula is C23H26N2O3S. The van der Waals surface area contributed by atoms with E-state index >= 15 is 0 Å². The van der Waals surface area contributed by atoms with Gasteiger partial charge in [-0.1, -0.05) is 37.3 Å². The van der Waals surface area contributed by atoms with Gasteiger partial charge in [-0.3, -0.25) is 9.69 Å². The van der Waals surface area contributed by atoms with E-state index in [4.69, 9.17) is 14.5 Å². The molecule has 0 unspecified atom stereocenters. The number of hydrogen-bond donors (Lipinski definition) is 0. The van der Waals surface area contributed by atoms with Crippen molar-refractivity contribution in [1.82, 2.24) is 4.90 Å². The predicted octanol–water partition coefficient (Wildman–Crippen LogP) is 5.42. The van der Waals surface area contributed by atoms with Crippen molar-refractivity contribution in [3.05, 3.63) is 58.5 Å². The Kier molecular flexibility index (Phi) is 6.99. The van der Waals surface area contributed by atoms with Gasteiger partial charge in [0, 0.05) is 12.1 Å². The largest absolute Gasteiger partial charge is 0.493 e. The van der Waals surface area contributed by atoms with Gasteiger partial charge in [-0.2, -0.15) is 0 Å². The number of aryl methyl sites for hydroxylation is 1. The van der Waals surface area contributed by atoms with Crippen molar-refractivity contribution in [1.29, 1.82) is 0 Å². The smallest absolute Gasteiger partial charge is 0.266 e. The van der Waals surface area contributed by atoms with Crippen LogP contribution in [-0.2, 0) is 4.79 Å². The molecule has 1 amide bonds. The number of para-hydroxylation sites is 2. The van der Waals surface area contributed by atoms with E-state index in [0.29, 0.717) is 34.7 Å². The molecule has 0 atom stereocenters. The molecule has 2 aromatic carbocycles. The van der Waals surface area contributed by atoms with Crippen LogP contribution >= 0.6 is 11.8 Å². The van der Waals surface area contributed by atoms with Crippen LogP contribution in [0.1, 0.15) is 31.4 Å². The molecule has 2 aromatic rings. The molecule has 0 aromatic heterocycles. The zero-order chi connectivity index (χ0) is 20.8. The van der Waals surface area contributed by atoms with Crippen LogP contribution < -0.4 is 9.47 Å². The number of hydrogen-bond acceptors (Lipinski definition) is 5. The molecule has 0 N–H and O–H groups in total. The topological polar surface area (TPSA) is 51.1 Å². The van der Waals surface area contributed by atoms with Crippen molar-refractivity contribution in [2.24, 2.45) is 4.99 Å². The van der Waals surface area contributed by atoms with E-state index in [1.165, 1.54) is 11.8 Å². The molecule has 5 nitrogen and oxygen atoms in total. The Hall–Kier alpha value is -2.73. The van der Waals surface area contributed by atoms with Crippen molar-refractivity contribution in [3.63, 3.8) is 0 Å². The first-order chi connectivity index (χ1) is 14.1. The van der Waals surface area contributed by atoms with Crippen LogP contribution in [0.5, 0.6) is 11.5 Å². The Labute approximate surface area is 176 Å². The van der Waals surface area contributed by atoms with Crippen molar-refractivity contribution >= 4 is 34.6 Å². The molecular weight excluding hydrogens is 384 g/mol. The second kappa shape index (κ2) is 9.65. The summed E-state index contributed by atoms with van der Waals surface area (Å²) in [4.78, 5) is 20.1. The van der Waals surface area contributed by atoms with E-state index in [2.05, 4.69) is 6.92 Å². The summed E-state index contributed by atoms with van der Waals surface area (Å²) in [5.41, 5.74) is 2.77. The molecule has 0 saturated carbocycles. The number of benzene rings is 2. The number of methoxy groups -OCH3 is 1. The maximum absolute atomic E-state index is 13.0. The summed E-state index contributed by atoms with van der Waals surface area (Å²) in [6.07, 6.45) is 2.75. The number of amidine groups is 1. The zero-order valence-corrected chi connectivity index (χ0v) is 18.1. The van der Waals surface area contributed by atoms with Gasteiger partial charge in [0.15, 0.2) is 16.7 Å². The summed E-state index contributed by atoms with van der Waals surface area (Å²) in [6, 6.07) is 13.6. The monoisotopic (exact) mass is 410 g/mol. The summed E-state index contributed by atoms with van der Waals surface area (Å²) in [6.45, 7) is 7.17. The lowest BCUT2D eigenvalue weighted by molar-refractivity contribution is -0.122. The minimum Gasteiger partial charge on any atom is -0.493 e. The molecule has 6 heteroatoms. The minimum atomic E-state index is -0.0471. The van der Waals surface area contributed by atoms with Crippen molar-refractivity contribution in [3.8, 4) is 11.5 Å². The summed E-state index contributed by atoms with van der Waals surface area (Å²) >= 11 is 1.39. The fourth-order valence-corrected chi connectivity index (χ4v) is 4.02. The predicted molar refractivity (Wildman–Crippen MR) is 120 cm³/mol. The van der Waals surface area contributed by atoms with Crippen LogP contribution in [0.3, 0.4) is 0 Å². The van der Waals surface area contributed by atoms with Crippen LogP contribution in [0.4, 0.5) is 5.69 Å². The number of ether oxygens (including phenoxy) is 2. The Morgan fingerprint density at radius 2 is 1.93 bits per heavy atom. The molecule has 1 aliphatic heterocycles. The maximum Gasteiger partial charge on any atom is 0.266 e. The molecule has 152 valence electrons. The summed E-state index contributed by atoms with van der Waals surface area (Å²) in [7, 11) is 1.62. The van der Waals surface area contributed by atoms with Gasteiger partial charge >= 0.3 is 0 Å². The Morgan fingerprint density at radius 3 is 2.62 bits per heavy atom. The molecule has 1 fully saturated rings. The molecule has 0 radical (unpaired) electrons. The number of amides is 1. The average Bonchev–Trinajstić information content (AvgIpc) is 3.02. The first kappa shape index (κ1) is 21.0.